The Morgan fingerprint density at radius 3 is 2.79 bits per heavy atom. The van der Waals surface area contributed by atoms with Crippen molar-refractivity contribution in [2.45, 2.75) is 13.5 Å². The maximum atomic E-state index is 11.0. The van der Waals surface area contributed by atoms with Crippen molar-refractivity contribution in [3.63, 3.8) is 0 Å². The molecule has 100 valence electrons. The van der Waals surface area contributed by atoms with Crippen LogP contribution in [0.4, 0.5) is 0 Å². The summed E-state index contributed by atoms with van der Waals surface area (Å²) in [4.78, 5) is 11.0. The van der Waals surface area contributed by atoms with E-state index in [0.717, 1.165) is 17.7 Å². The Bertz CT molecular complexity index is 590. The second kappa shape index (κ2) is 5.56. The lowest BCUT2D eigenvalue weighted by atomic mass is 10.2. The third kappa shape index (κ3) is 2.76. The molecule has 1 aromatic carbocycles. The molecule has 19 heavy (non-hydrogen) atoms. The van der Waals surface area contributed by atoms with Crippen LogP contribution in [0, 0.1) is 6.92 Å². The van der Waals surface area contributed by atoms with Gasteiger partial charge in [-0.15, -0.1) is 0 Å². The third-order valence-electron chi connectivity index (χ3n) is 2.82. The molecule has 0 amide bonds. The van der Waals surface area contributed by atoms with E-state index in [9.17, 15) is 4.79 Å². The standard InChI is InChI=1S/C14H16N2O3/c1-10-7-12(16(2)15-10)9-19-14-11(8-17)5-4-6-13(14)18-3/h4-8H,9H2,1-3H3. The smallest absolute Gasteiger partial charge is 0.172 e. The summed E-state index contributed by atoms with van der Waals surface area (Å²) in [6, 6.07) is 7.15. The van der Waals surface area contributed by atoms with Crippen LogP contribution in [0.25, 0.3) is 0 Å². The zero-order valence-electron chi connectivity index (χ0n) is 11.2. The number of benzene rings is 1. The first-order valence-corrected chi connectivity index (χ1v) is 5.90. The maximum absolute atomic E-state index is 11.0. The maximum Gasteiger partial charge on any atom is 0.172 e. The van der Waals surface area contributed by atoms with Crippen molar-refractivity contribution >= 4 is 6.29 Å². The fourth-order valence-corrected chi connectivity index (χ4v) is 1.89. The number of rotatable bonds is 5. The molecule has 1 aromatic heterocycles. The minimum absolute atomic E-state index is 0.332. The summed E-state index contributed by atoms with van der Waals surface area (Å²) in [5.74, 6) is 1.00. The molecule has 0 saturated carbocycles. The van der Waals surface area contributed by atoms with E-state index in [0.29, 0.717) is 23.7 Å². The minimum atomic E-state index is 0.332. The highest BCUT2D eigenvalue weighted by Crippen LogP contribution is 2.30. The van der Waals surface area contributed by atoms with Crippen molar-refractivity contribution in [2.75, 3.05) is 7.11 Å². The van der Waals surface area contributed by atoms with Gasteiger partial charge in [-0.3, -0.25) is 9.48 Å². The fraction of sp³-hybridized carbons (Fsp3) is 0.286. The Morgan fingerprint density at radius 2 is 2.21 bits per heavy atom. The molecule has 0 unspecified atom stereocenters. The molecule has 2 rings (SSSR count). The Hall–Kier alpha value is -2.30. The number of aromatic nitrogens is 2. The molecule has 2 aromatic rings. The number of aldehydes is 1. The van der Waals surface area contributed by atoms with Gasteiger partial charge in [0.1, 0.15) is 6.61 Å². The van der Waals surface area contributed by atoms with Gasteiger partial charge in [-0.1, -0.05) is 6.07 Å². The van der Waals surface area contributed by atoms with E-state index in [1.54, 1.807) is 30.0 Å². The lowest BCUT2D eigenvalue weighted by molar-refractivity contribution is 0.111. The molecule has 5 nitrogen and oxygen atoms in total. The van der Waals surface area contributed by atoms with Crippen molar-refractivity contribution < 1.29 is 14.3 Å². The van der Waals surface area contributed by atoms with Crippen LogP contribution in [0.2, 0.25) is 0 Å². The van der Waals surface area contributed by atoms with E-state index in [4.69, 9.17) is 9.47 Å². The Kier molecular flexibility index (Phi) is 3.85. The van der Waals surface area contributed by atoms with Gasteiger partial charge in [0.25, 0.3) is 0 Å². The average Bonchev–Trinajstić information content (AvgIpc) is 2.74. The molecule has 0 spiro atoms. The Morgan fingerprint density at radius 1 is 1.42 bits per heavy atom. The van der Waals surface area contributed by atoms with Gasteiger partial charge < -0.3 is 9.47 Å². The molecule has 0 aliphatic carbocycles. The molecular formula is C14H16N2O3. The topological polar surface area (TPSA) is 53.4 Å². The number of carbonyl (C=O) groups is 1. The average molecular weight is 260 g/mol. The number of hydrogen-bond donors (Lipinski definition) is 0. The quantitative estimate of drug-likeness (QED) is 0.773. The highest BCUT2D eigenvalue weighted by atomic mass is 16.5. The molecule has 0 fully saturated rings. The van der Waals surface area contributed by atoms with Crippen LogP contribution in [0.5, 0.6) is 11.5 Å². The highest BCUT2D eigenvalue weighted by Gasteiger charge is 2.11. The van der Waals surface area contributed by atoms with E-state index in [1.807, 2.05) is 20.0 Å². The highest BCUT2D eigenvalue weighted by molar-refractivity contribution is 5.81. The van der Waals surface area contributed by atoms with Gasteiger partial charge in [-0.05, 0) is 25.1 Å². The second-order valence-corrected chi connectivity index (χ2v) is 4.19. The summed E-state index contributed by atoms with van der Waals surface area (Å²) >= 11 is 0. The molecule has 0 bridgehead atoms. The lowest BCUT2D eigenvalue weighted by Gasteiger charge is -2.12. The normalized spacial score (nSPS) is 10.3. The zero-order valence-corrected chi connectivity index (χ0v) is 11.2. The van der Waals surface area contributed by atoms with Crippen LogP contribution in [0.3, 0.4) is 0 Å². The van der Waals surface area contributed by atoms with E-state index in [-0.39, 0.29) is 0 Å². The van der Waals surface area contributed by atoms with Gasteiger partial charge in [0, 0.05) is 7.05 Å². The van der Waals surface area contributed by atoms with Gasteiger partial charge >= 0.3 is 0 Å². The predicted octanol–water partition coefficient (Wildman–Crippen LogP) is 2.13. The minimum Gasteiger partial charge on any atom is -0.493 e. The van der Waals surface area contributed by atoms with Gasteiger partial charge in [-0.2, -0.15) is 5.10 Å². The predicted molar refractivity (Wildman–Crippen MR) is 70.7 cm³/mol. The fourth-order valence-electron chi connectivity index (χ4n) is 1.89. The first-order chi connectivity index (χ1) is 9.15. The van der Waals surface area contributed by atoms with Crippen LogP contribution in [0.1, 0.15) is 21.7 Å². The van der Waals surface area contributed by atoms with Crippen molar-refractivity contribution in [3.8, 4) is 11.5 Å². The Balaban J connectivity index is 2.23. The number of para-hydroxylation sites is 1. The van der Waals surface area contributed by atoms with E-state index in [1.165, 1.54) is 0 Å². The molecular weight excluding hydrogens is 244 g/mol. The molecule has 0 radical (unpaired) electrons. The summed E-state index contributed by atoms with van der Waals surface area (Å²) < 4.78 is 12.7. The van der Waals surface area contributed by atoms with Gasteiger partial charge in [0.05, 0.1) is 24.1 Å². The lowest BCUT2D eigenvalue weighted by Crippen LogP contribution is -2.05. The SMILES string of the molecule is COc1cccc(C=O)c1OCc1cc(C)nn1C. The van der Waals surface area contributed by atoms with Crippen LogP contribution < -0.4 is 9.47 Å². The number of ether oxygens (including phenoxy) is 2. The molecule has 5 heteroatoms. The molecule has 0 saturated heterocycles. The number of aryl methyl sites for hydroxylation is 2. The zero-order chi connectivity index (χ0) is 13.8. The summed E-state index contributed by atoms with van der Waals surface area (Å²) in [5, 5.41) is 4.24. The largest absolute Gasteiger partial charge is 0.493 e. The van der Waals surface area contributed by atoms with E-state index < -0.39 is 0 Å². The summed E-state index contributed by atoms with van der Waals surface area (Å²) in [5.41, 5.74) is 2.33. The third-order valence-corrected chi connectivity index (χ3v) is 2.82. The molecule has 0 atom stereocenters. The van der Waals surface area contributed by atoms with Crippen molar-refractivity contribution in [1.29, 1.82) is 0 Å². The summed E-state index contributed by atoms with van der Waals surface area (Å²) in [7, 11) is 3.40. The summed E-state index contributed by atoms with van der Waals surface area (Å²) in [6.07, 6.45) is 0.756. The molecule has 0 aliphatic rings. The monoisotopic (exact) mass is 260 g/mol. The molecule has 0 aliphatic heterocycles. The van der Waals surface area contributed by atoms with Crippen molar-refractivity contribution in [1.82, 2.24) is 9.78 Å². The van der Waals surface area contributed by atoms with Gasteiger partial charge in [0.15, 0.2) is 17.8 Å². The number of methoxy groups -OCH3 is 1. The van der Waals surface area contributed by atoms with Crippen LogP contribution in [0.15, 0.2) is 24.3 Å². The summed E-state index contributed by atoms with van der Waals surface area (Å²) in [6.45, 7) is 2.25. The first-order valence-electron chi connectivity index (χ1n) is 5.90. The Labute approximate surface area is 111 Å². The first kappa shape index (κ1) is 13.1. The van der Waals surface area contributed by atoms with E-state index in [2.05, 4.69) is 5.10 Å². The van der Waals surface area contributed by atoms with Crippen LogP contribution in [-0.2, 0) is 13.7 Å². The second-order valence-electron chi connectivity index (χ2n) is 4.19. The van der Waals surface area contributed by atoms with Crippen molar-refractivity contribution in [3.05, 3.63) is 41.2 Å². The number of carbonyl (C=O) groups excluding carboxylic acids is 1. The van der Waals surface area contributed by atoms with Crippen molar-refractivity contribution in [2.24, 2.45) is 7.05 Å². The van der Waals surface area contributed by atoms with Gasteiger partial charge in [0.2, 0.25) is 0 Å². The molecule has 1 heterocycles. The number of nitrogens with zero attached hydrogens (tertiary/aromatic N) is 2. The number of hydrogen-bond acceptors (Lipinski definition) is 4. The molecule has 0 N–H and O–H groups in total. The van der Waals surface area contributed by atoms with E-state index >= 15 is 0 Å². The van der Waals surface area contributed by atoms with Gasteiger partial charge in [-0.25, -0.2) is 0 Å². The van der Waals surface area contributed by atoms with Crippen LogP contribution in [-0.4, -0.2) is 23.2 Å². The van der Waals surface area contributed by atoms with Crippen LogP contribution >= 0.6 is 0 Å².